The zero-order valence-electron chi connectivity index (χ0n) is 19.8. The maximum Gasteiger partial charge on any atom is 0.245 e. The molecule has 2 amide bonds. The van der Waals surface area contributed by atoms with E-state index in [0.717, 1.165) is 71.2 Å². The first-order valence-corrected chi connectivity index (χ1v) is 12.1. The average molecular weight is 408 g/mol. The fourth-order valence-electron chi connectivity index (χ4n) is 4.76. The monoisotopic (exact) mass is 407 g/mol. The lowest BCUT2D eigenvalue weighted by atomic mass is 9.89. The van der Waals surface area contributed by atoms with Crippen LogP contribution in [-0.4, -0.2) is 72.3 Å². The van der Waals surface area contributed by atoms with E-state index in [1.54, 1.807) is 0 Å². The standard InChI is InChI=1S/C24H45N3O2/c1-7-18(4)10-11-20(9-3)23(28)27-17-21(19(5)8-2)16-22(27)24(29)26-14-12-25(6)13-15-26/h18-22H,7-17H2,1-6H3. The number of piperazine rings is 1. The fraction of sp³-hybridized carbons (Fsp3) is 0.917. The third-order valence-electron chi connectivity index (χ3n) is 7.71. The number of carbonyl (C=O) groups excluding carboxylic acids is 2. The van der Waals surface area contributed by atoms with Crippen LogP contribution in [0, 0.1) is 23.7 Å². The van der Waals surface area contributed by atoms with Gasteiger partial charge in [-0.15, -0.1) is 0 Å². The van der Waals surface area contributed by atoms with E-state index in [0.29, 0.717) is 17.8 Å². The fourth-order valence-corrected chi connectivity index (χ4v) is 4.76. The van der Waals surface area contributed by atoms with E-state index in [4.69, 9.17) is 0 Å². The number of hydrogen-bond acceptors (Lipinski definition) is 3. The summed E-state index contributed by atoms with van der Waals surface area (Å²) in [5.41, 5.74) is 0. The van der Waals surface area contributed by atoms with E-state index >= 15 is 0 Å². The minimum absolute atomic E-state index is 0.0578. The van der Waals surface area contributed by atoms with E-state index in [-0.39, 0.29) is 23.8 Å². The molecule has 5 atom stereocenters. The first kappa shape index (κ1) is 24.2. The van der Waals surface area contributed by atoms with Crippen molar-refractivity contribution >= 4 is 11.8 Å². The maximum absolute atomic E-state index is 13.5. The van der Waals surface area contributed by atoms with Gasteiger partial charge in [0.25, 0.3) is 0 Å². The lowest BCUT2D eigenvalue weighted by molar-refractivity contribution is -0.147. The van der Waals surface area contributed by atoms with Crippen LogP contribution in [0.3, 0.4) is 0 Å². The molecule has 2 rings (SSSR count). The van der Waals surface area contributed by atoms with Crippen molar-refractivity contribution in [2.45, 2.75) is 79.2 Å². The van der Waals surface area contributed by atoms with Crippen LogP contribution in [0.5, 0.6) is 0 Å². The Morgan fingerprint density at radius 3 is 2.14 bits per heavy atom. The number of amides is 2. The van der Waals surface area contributed by atoms with Gasteiger partial charge in [-0.3, -0.25) is 9.59 Å². The van der Waals surface area contributed by atoms with Gasteiger partial charge in [0.05, 0.1) is 0 Å². The minimum atomic E-state index is -0.248. The second kappa shape index (κ2) is 11.3. The normalized spacial score (nSPS) is 26.4. The van der Waals surface area contributed by atoms with Crippen molar-refractivity contribution in [3.8, 4) is 0 Å². The smallest absolute Gasteiger partial charge is 0.245 e. The van der Waals surface area contributed by atoms with Gasteiger partial charge in [-0.2, -0.15) is 0 Å². The molecule has 168 valence electrons. The zero-order chi connectivity index (χ0) is 21.6. The van der Waals surface area contributed by atoms with Crippen LogP contribution in [0.2, 0.25) is 0 Å². The Labute approximate surface area is 179 Å². The predicted octanol–water partition coefficient (Wildman–Crippen LogP) is 3.88. The van der Waals surface area contributed by atoms with E-state index in [2.05, 4.69) is 46.6 Å². The molecule has 0 spiro atoms. The highest BCUT2D eigenvalue weighted by Gasteiger charge is 2.44. The largest absolute Gasteiger partial charge is 0.338 e. The SMILES string of the molecule is CCC(C)CCC(CC)C(=O)N1CC(C(C)CC)CC1C(=O)N1CCN(C)CC1. The van der Waals surface area contributed by atoms with Crippen LogP contribution in [0.1, 0.15) is 73.1 Å². The van der Waals surface area contributed by atoms with E-state index in [9.17, 15) is 9.59 Å². The molecule has 29 heavy (non-hydrogen) atoms. The molecule has 2 fully saturated rings. The van der Waals surface area contributed by atoms with Gasteiger partial charge in [0.2, 0.25) is 11.8 Å². The van der Waals surface area contributed by atoms with E-state index in [1.165, 1.54) is 0 Å². The molecule has 5 heteroatoms. The summed E-state index contributed by atoms with van der Waals surface area (Å²) in [7, 11) is 2.11. The van der Waals surface area contributed by atoms with Gasteiger partial charge >= 0.3 is 0 Å². The number of carbonyl (C=O) groups is 2. The van der Waals surface area contributed by atoms with Gasteiger partial charge in [-0.25, -0.2) is 0 Å². The van der Waals surface area contributed by atoms with Crippen molar-refractivity contribution in [1.29, 1.82) is 0 Å². The lowest BCUT2D eigenvalue weighted by Crippen LogP contribution is -2.54. The molecule has 2 heterocycles. The first-order valence-electron chi connectivity index (χ1n) is 12.1. The first-order chi connectivity index (χ1) is 13.8. The molecule has 0 aromatic rings. The second-order valence-corrected chi connectivity index (χ2v) is 9.71. The van der Waals surface area contributed by atoms with Crippen LogP contribution in [0.4, 0.5) is 0 Å². The third-order valence-corrected chi connectivity index (χ3v) is 7.71. The molecule has 5 unspecified atom stereocenters. The molecular formula is C24H45N3O2. The summed E-state index contributed by atoms with van der Waals surface area (Å²) in [5.74, 6) is 2.13. The summed E-state index contributed by atoms with van der Waals surface area (Å²) < 4.78 is 0. The van der Waals surface area contributed by atoms with Crippen molar-refractivity contribution in [3.63, 3.8) is 0 Å². The number of hydrogen-bond donors (Lipinski definition) is 0. The third kappa shape index (κ3) is 6.19. The van der Waals surface area contributed by atoms with Crippen LogP contribution < -0.4 is 0 Å². The molecule has 0 aliphatic carbocycles. The van der Waals surface area contributed by atoms with Gasteiger partial charge in [0, 0.05) is 38.6 Å². The van der Waals surface area contributed by atoms with Gasteiger partial charge in [-0.1, -0.05) is 47.5 Å². The molecule has 0 radical (unpaired) electrons. The highest BCUT2D eigenvalue weighted by molar-refractivity contribution is 5.89. The van der Waals surface area contributed by atoms with Crippen LogP contribution >= 0.6 is 0 Å². The summed E-state index contributed by atoms with van der Waals surface area (Å²) in [5, 5.41) is 0. The Hall–Kier alpha value is -1.10. The molecule has 0 aromatic carbocycles. The number of rotatable bonds is 9. The topological polar surface area (TPSA) is 43.9 Å². The Morgan fingerprint density at radius 2 is 1.59 bits per heavy atom. The van der Waals surface area contributed by atoms with Crippen LogP contribution in [0.25, 0.3) is 0 Å². The predicted molar refractivity (Wildman–Crippen MR) is 120 cm³/mol. The average Bonchev–Trinajstić information content (AvgIpc) is 3.18. The van der Waals surface area contributed by atoms with Gasteiger partial charge in [0.1, 0.15) is 6.04 Å². The van der Waals surface area contributed by atoms with Gasteiger partial charge < -0.3 is 14.7 Å². The molecule has 0 N–H and O–H groups in total. The van der Waals surface area contributed by atoms with Crippen molar-refractivity contribution in [1.82, 2.24) is 14.7 Å². The molecule has 2 aliphatic heterocycles. The van der Waals surface area contributed by atoms with Crippen LogP contribution in [-0.2, 0) is 9.59 Å². The lowest BCUT2D eigenvalue weighted by Gasteiger charge is -2.36. The van der Waals surface area contributed by atoms with Crippen LogP contribution in [0.15, 0.2) is 0 Å². The Bertz CT molecular complexity index is 530. The number of likely N-dealkylation sites (N-methyl/N-ethyl adjacent to an activating group) is 1. The molecule has 0 bridgehead atoms. The summed E-state index contributed by atoms with van der Waals surface area (Å²) in [6.45, 7) is 15.3. The maximum atomic E-state index is 13.5. The molecular weight excluding hydrogens is 362 g/mol. The van der Waals surface area contributed by atoms with Gasteiger partial charge in [-0.05, 0) is 50.5 Å². The molecule has 0 saturated carbocycles. The van der Waals surface area contributed by atoms with E-state index < -0.39 is 0 Å². The Balaban J connectivity index is 2.13. The highest BCUT2D eigenvalue weighted by Crippen LogP contribution is 2.34. The summed E-state index contributed by atoms with van der Waals surface area (Å²) in [4.78, 5) is 33.2. The number of likely N-dealkylation sites (tertiary alicyclic amines) is 1. The second-order valence-electron chi connectivity index (χ2n) is 9.71. The van der Waals surface area contributed by atoms with E-state index in [1.807, 2.05) is 9.80 Å². The summed E-state index contributed by atoms with van der Waals surface area (Å²) >= 11 is 0. The molecule has 0 aromatic heterocycles. The zero-order valence-corrected chi connectivity index (χ0v) is 19.8. The number of nitrogens with zero attached hydrogens (tertiary/aromatic N) is 3. The van der Waals surface area contributed by atoms with Crippen molar-refractivity contribution in [3.05, 3.63) is 0 Å². The molecule has 5 nitrogen and oxygen atoms in total. The Kier molecular flexibility index (Phi) is 9.45. The minimum Gasteiger partial charge on any atom is -0.338 e. The highest BCUT2D eigenvalue weighted by atomic mass is 16.2. The van der Waals surface area contributed by atoms with Crippen molar-refractivity contribution in [2.75, 3.05) is 39.8 Å². The van der Waals surface area contributed by atoms with Gasteiger partial charge in [0.15, 0.2) is 0 Å². The summed E-state index contributed by atoms with van der Waals surface area (Å²) in [6.07, 6.45) is 6.02. The quantitative estimate of drug-likeness (QED) is 0.583. The summed E-state index contributed by atoms with van der Waals surface area (Å²) in [6, 6.07) is -0.248. The molecule has 2 saturated heterocycles. The van der Waals surface area contributed by atoms with Crippen molar-refractivity contribution in [2.24, 2.45) is 23.7 Å². The Morgan fingerprint density at radius 1 is 0.931 bits per heavy atom. The van der Waals surface area contributed by atoms with Crippen molar-refractivity contribution < 1.29 is 9.59 Å². The molecule has 2 aliphatic rings.